The van der Waals surface area contributed by atoms with Crippen LogP contribution in [0.3, 0.4) is 0 Å². The summed E-state index contributed by atoms with van der Waals surface area (Å²) < 4.78 is 5.26. The third-order valence-corrected chi connectivity index (χ3v) is 4.05. The van der Waals surface area contributed by atoms with Crippen LogP contribution in [0.4, 0.5) is 17.6 Å². The van der Waals surface area contributed by atoms with Gasteiger partial charge in [-0.2, -0.15) is 9.97 Å². The largest absolute Gasteiger partial charge is 0.465 e. The zero-order valence-electron chi connectivity index (χ0n) is 13.6. The quantitative estimate of drug-likeness (QED) is 0.834. The first-order valence-corrected chi connectivity index (χ1v) is 7.72. The van der Waals surface area contributed by atoms with Gasteiger partial charge in [-0.3, -0.25) is 4.79 Å². The van der Waals surface area contributed by atoms with Gasteiger partial charge in [0.2, 0.25) is 5.95 Å². The second kappa shape index (κ2) is 6.27. The van der Waals surface area contributed by atoms with Crippen molar-refractivity contribution in [3.05, 3.63) is 41.5 Å². The van der Waals surface area contributed by atoms with E-state index in [0.717, 1.165) is 5.56 Å². The normalized spacial score (nSPS) is 19.3. The van der Waals surface area contributed by atoms with Gasteiger partial charge in [-0.05, 0) is 19.4 Å². The fourth-order valence-corrected chi connectivity index (χ4v) is 3.08. The number of aromatic nitrogens is 2. The molecule has 0 bridgehead atoms. The Hall–Kier alpha value is -2.96. The maximum atomic E-state index is 12.6. The van der Waals surface area contributed by atoms with Gasteiger partial charge in [-0.15, -0.1) is 0 Å². The molecule has 1 aliphatic heterocycles. The number of nitrogens with two attached hydrogens (primary N) is 2. The van der Waals surface area contributed by atoms with Gasteiger partial charge in [0.25, 0.3) is 0 Å². The molecule has 4 N–H and O–H groups in total. The summed E-state index contributed by atoms with van der Waals surface area (Å²) in [5.74, 6) is -0.574. The van der Waals surface area contributed by atoms with Crippen molar-refractivity contribution in [2.75, 3.05) is 18.1 Å². The maximum Gasteiger partial charge on any atom is 0.315 e. The first kappa shape index (κ1) is 15.9. The predicted octanol–water partition coefficient (Wildman–Crippen LogP) is 2.06. The van der Waals surface area contributed by atoms with Crippen molar-refractivity contribution >= 4 is 29.3 Å². The molecular formula is C17H19N5O2. The topological polar surface area (TPSA) is 116 Å². The molecule has 0 aliphatic carbocycles. The number of esters is 1. The number of aliphatic imine (C=N–C) groups is 1. The van der Waals surface area contributed by atoms with Crippen LogP contribution < -0.4 is 11.5 Å². The van der Waals surface area contributed by atoms with Crippen LogP contribution in [0, 0.1) is 5.92 Å². The number of hydrogen-bond acceptors (Lipinski definition) is 7. The van der Waals surface area contributed by atoms with E-state index in [1.54, 1.807) is 13.8 Å². The van der Waals surface area contributed by atoms with Crippen molar-refractivity contribution in [1.29, 1.82) is 0 Å². The minimum Gasteiger partial charge on any atom is -0.465 e. The highest BCUT2D eigenvalue weighted by atomic mass is 16.5. The Morgan fingerprint density at radius 1 is 1.21 bits per heavy atom. The van der Waals surface area contributed by atoms with Crippen molar-refractivity contribution in [1.82, 2.24) is 9.97 Å². The Morgan fingerprint density at radius 3 is 2.58 bits per heavy atom. The average molecular weight is 325 g/mol. The molecule has 2 atom stereocenters. The average Bonchev–Trinajstić information content (AvgIpc) is 2.54. The van der Waals surface area contributed by atoms with E-state index in [1.807, 2.05) is 30.3 Å². The highest BCUT2D eigenvalue weighted by Crippen LogP contribution is 2.44. The molecule has 1 aromatic heterocycles. The van der Waals surface area contributed by atoms with Crippen LogP contribution in [-0.2, 0) is 9.53 Å². The van der Waals surface area contributed by atoms with Gasteiger partial charge in [-0.1, -0.05) is 30.3 Å². The Morgan fingerprint density at radius 2 is 1.92 bits per heavy atom. The van der Waals surface area contributed by atoms with Gasteiger partial charge in [0.05, 0.1) is 6.61 Å². The summed E-state index contributed by atoms with van der Waals surface area (Å²) in [5, 5.41) is 0. The number of anilines is 2. The summed E-state index contributed by atoms with van der Waals surface area (Å²) in [6.07, 6.45) is 0. The number of ether oxygens (including phenoxy) is 1. The molecule has 0 fully saturated rings. The molecule has 7 heteroatoms. The first-order valence-electron chi connectivity index (χ1n) is 7.72. The monoisotopic (exact) mass is 325 g/mol. The minimum absolute atomic E-state index is 0.0594. The van der Waals surface area contributed by atoms with Crippen molar-refractivity contribution < 1.29 is 9.53 Å². The second-order valence-electron chi connectivity index (χ2n) is 5.58. The Bertz CT molecular complexity index is 804. The van der Waals surface area contributed by atoms with Crippen molar-refractivity contribution in [3.63, 3.8) is 0 Å². The van der Waals surface area contributed by atoms with Crippen LogP contribution in [0.2, 0.25) is 0 Å². The van der Waals surface area contributed by atoms with Crippen LogP contribution in [-0.4, -0.2) is 28.3 Å². The van der Waals surface area contributed by atoms with Crippen molar-refractivity contribution in [3.8, 4) is 0 Å². The molecule has 3 rings (SSSR count). The number of nitrogens with zero attached hydrogens (tertiary/aromatic N) is 3. The molecule has 0 saturated heterocycles. The predicted molar refractivity (Wildman–Crippen MR) is 92.0 cm³/mol. The number of fused-ring (bicyclic) bond motifs is 1. The molecule has 1 aromatic carbocycles. The number of carbonyl (C=O) groups is 1. The number of hydrogen-bond donors (Lipinski definition) is 2. The Kier molecular flexibility index (Phi) is 4.16. The van der Waals surface area contributed by atoms with Crippen LogP contribution in [0.5, 0.6) is 0 Å². The lowest BCUT2D eigenvalue weighted by Gasteiger charge is -2.31. The molecule has 0 saturated carbocycles. The minimum atomic E-state index is -0.575. The van der Waals surface area contributed by atoms with E-state index in [-0.39, 0.29) is 23.7 Å². The molecule has 0 spiro atoms. The molecule has 7 nitrogen and oxygen atoms in total. The zero-order chi connectivity index (χ0) is 17.3. The number of nitrogen functional groups attached to an aromatic ring is 2. The lowest BCUT2D eigenvalue weighted by atomic mass is 9.77. The molecule has 2 heterocycles. The highest BCUT2D eigenvalue weighted by molar-refractivity contribution is 6.05. The van der Waals surface area contributed by atoms with Gasteiger partial charge < -0.3 is 16.2 Å². The van der Waals surface area contributed by atoms with Crippen LogP contribution in [0.15, 0.2) is 35.3 Å². The lowest BCUT2D eigenvalue weighted by molar-refractivity contribution is -0.146. The van der Waals surface area contributed by atoms with Crippen LogP contribution in [0.25, 0.3) is 0 Å². The number of rotatable bonds is 3. The molecule has 2 aromatic rings. The Labute approximate surface area is 139 Å². The van der Waals surface area contributed by atoms with Gasteiger partial charge in [0.1, 0.15) is 11.7 Å². The fraction of sp³-hybridized carbons (Fsp3) is 0.294. The van der Waals surface area contributed by atoms with E-state index in [9.17, 15) is 4.79 Å². The third kappa shape index (κ3) is 2.68. The fourth-order valence-electron chi connectivity index (χ4n) is 3.08. The van der Waals surface area contributed by atoms with Gasteiger partial charge >= 0.3 is 5.97 Å². The number of carbonyl (C=O) groups excluding carboxylic acids is 1. The molecule has 0 amide bonds. The van der Waals surface area contributed by atoms with E-state index >= 15 is 0 Å². The third-order valence-electron chi connectivity index (χ3n) is 4.05. The lowest BCUT2D eigenvalue weighted by Crippen LogP contribution is -2.34. The molecule has 0 radical (unpaired) electrons. The van der Waals surface area contributed by atoms with Crippen molar-refractivity contribution in [2.24, 2.45) is 10.9 Å². The van der Waals surface area contributed by atoms with E-state index in [1.165, 1.54) is 0 Å². The molecule has 24 heavy (non-hydrogen) atoms. The highest BCUT2D eigenvalue weighted by Gasteiger charge is 2.40. The van der Waals surface area contributed by atoms with Crippen LogP contribution in [0.1, 0.15) is 30.9 Å². The molecule has 1 aliphatic rings. The standard InChI is InChI=1S/C17H19N5O2/c1-3-24-16(23)11-9(2)20-15-13(14(18)21-17(19)22-15)12(11)10-7-5-4-6-8-10/h4-8,11-12H,3H2,1-2H3,(H4,18,19,21,22). The van der Waals surface area contributed by atoms with Crippen molar-refractivity contribution in [2.45, 2.75) is 19.8 Å². The molecule has 124 valence electrons. The summed E-state index contributed by atoms with van der Waals surface area (Å²) in [7, 11) is 0. The summed E-state index contributed by atoms with van der Waals surface area (Å²) in [4.78, 5) is 25.2. The summed E-state index contributed by atoms with van der Waals surface area (Å²) in [6.45, 7) is 3.86. The van der Waals surface area contributed by atoms with Gasteiger partial charge in [0.15, 0.2) is 5.82 Å². The van der Waals surface area contributed by atoms with E-state index in [4.69, 9.17) is 16.2 Å². The Balaban J connectivity index is 2.23. The summed E-state index contributed by atoms with van der Waals surface area (Å²) in [6, 6.07) is 9.61. The number of benzene rings is 1. The maximum absolute atomic E-state index is 12.6. The molecule has 2 unspecified atom stereocenters. The zero-order valence-corrected chi connectivity index (χ0v) is 13.6. The van der Waals surface area contributed by atoms with Crippen LogP contribution >= 0.6 is 0 Å². The summed E-state index contributed by atoms with van der Waals surface area (Å²) >= 11 is 0. The van der Waals surface area contributed by atoms with Gasteiger partial charge in [-0.25, -0.2) is 4.99 Å². The van der Waals surface area contributed by atoms with E-state index in [0.29, 0.717) is 23.7 Å². The smallest absolute Gasteiger partial charge is 0.315 e. The SMILES string of the molecule is CCOC(=O)C1C(C)=Nc2nc(N)nc(N)c2C1c1ccccc1. The van der Waals surface area contributed by atoms with E-state index in [2.05, 4.69) is 15.0 Å². The van der Waals surface area contributed by atoms with Gasteiger partial charge in [0, 0.05) is 17.2 Å². The van der Waals surface area contributed by atoms with E-state index < -0.39 is 5.92 Å². The summed E-state index contributed by atoms with van der Waals surface area (Å²) in [5.41, 5.74) is 13.9. The molecular weight excluding hydrogens is 306 g/mol. The first-order chi connectivity index (χ1) is 11.5. The second-order valence-corrected chi connectivity index (χ2v) is 5.58.